The zero-order chi connectivity index (χ0) is 14.8. The molecule has 0 fully saturated rings. The smallest absolute Gasteiger partial charge is 0.271 e. The van der Waals surface area contributed by atoms with Gasteiger partial charge in [0.1, 0.15) is 4.21 Å². The molecule has 108 valence electrons. The van der Waals surface area contributed by atoms with Crippen LogP contribution < -0.4 is 10.5 Å². The minimum atomic E-state index is -3.53. The van der Waals surface area contributed by atoms with E-state index in [0.29, 0.717) is 15.6 Å². The molecule has 6 heteroatoms. The molecule has 0 atom stereocenters. The van der Waals surface area contributed by atoms with Crippen molar-refractivity contribution in [2.45, 2.75) is 30.9 Å². The fraction of sp³-hybridized carbons (Fsp3) is 0.286. The van der Waals surface area contributed by atoms with E-state index in [0.717, 1.165) is 23.3 Å². The molecule has 1 aromatic heterocycles. The molecule has 2 rings (SSSR count). The number of sulfonamides is 1. The number of nitrogens with two attached hydrogens (primary N) is 1. The Balaban J connectivity index is 2.26. The summed E-state index contributed by atoms with van der Waals surface area (Å²) in [6, 6.07) is 8.72. The van der Waals surface area contributed by atoms with Crippen LogP contribution in [0.15, 0.2) is 34.5 Å². The summed E-state index contributed by atoms with van der Waals surface area (Å²) in [7, 11) is -3.53. The lowest BCUT2D eigenvalue weighted by Gasteiger charge is -2.09. The van der Waals surface area contributed by atoms with Gasteiger partial charge in [-0.3, -0.25) is 4.72 Å². The molecule has 1 heterocycles. The maximum atomic E-state index is 12.3. The predicted molar refractivity (Wildman–Crippen MR) is 84.7 cm³/mol. The van der Waals surface area contributed by atoms with E-state index in [9.17, 15) is 8.42 Å². The summed E-state index contributed by atoms with van der Waals surface area (Å²) in [5, 5.41) is 0. The minimum Gasteiger partial charge on any atom is -0.398 e. The number of hydrogen-bond donors (Lipinski definition) is 2. The lowest BCUT2D eigenvalue weighted by molar-refractivity contribution is 0.603. The van der Waals surface area contributed by atoms with Crippen LogP contribution in [0.25, 0.3) is 0 Å². The van der Waals surface area contributed by atoms with Crippen LogP contribution in [0.4, 0.5) is 11.4 Å². The third-order valence-electron chi connectivity index (χ3n) is 3.03. The van der Waals surface area contributed by atoms with Crippen molar-refractivity contribution in [3.05, 3.63) is 40.8 Å². The Morgan fingerprint density at radius 2 is 1.90 bits per heavy atom. The number of thiophene rings is 1. The summed E-state index contributed by atoms with van der Waals surface area (Å²) in [6.45, 7) is 4.01. The molecule has 0 aliphatic rings. The number of nitrogens with one attached hydrogen (secondary N) is 1. The second-order valence-corrected chi connectivity index (χ2v) is 7.52. The van der Waals surface area contributed by atoms with E-state index < -0.39 is 10.0 Å². The van der Waals surface area contributed by atoms with E-state index in [2.05, 4.69) is 4.72 Å². The van der Waals surface area contributed by atoms with Crippen LogP contribution in [0.1, 0.15) is 24.3 Å². The highest BCUT2D eigenvalue weighted by molar-refractivity contribution is 7.94. The van der Waals surface area contributed by atoms with Crippen molar-refractivity contribution in [1.29, 1.82) is 0 Å². The first-order chi connectivity index (χ1) is 9.46. The molecular formula is C14H18N2O2S2. The van der Waals surface area contributed by atoms with Crippen LogP contribution >= 0.6 is 11.3 Å². The highest BCUT2D eigenvalue weighted by Gasteiger charge is 2.17. The summed E-state index contributed by atoms with van der Waals surface area (Å²) in [5.41, 5.74) is 7.99. The molecule has 3 N–H and O–H groups in total. The van der Waals surface area contributed by atoms with E-state index >= 15 is 0 Å². The summed E-state index contributed by atoms with van der Waals surface area (Å²) in [5.74, 6) is 0. The Hall–Kier alpha value is -1.53. The van der Waals surface area contributed by atoms with Crippen molar-refractivity contribution in [3.63, 3.8) is 0 Å². The van der Waals surface area contributed by atoms with Gasteiger partial charge in [-0.15, -0.1) is 11.3 Å². The van der Waals surface area contributed by atoms with Gasteiger partial charge in [-0.05, 0) is 42.7 Å². The van der Waals surface area contributed by atoms with Gasteiger partial charge in [0.15, 0.2) is 0 Å². The van der Waals surface area contributed by atoms with Crippen molar-refractivity contribution < 1.29 is 8.42 Å². The zero-order valence-corrected chi connectivity index (χ0v) is 13.1. The number of aryl methyl sites for hydroxylation is 2. The molecule has 0 spiro atoms. The van der Waals surface area contributed by atoms with Gasteiger partial charge in [-0.1, -0.05) is 19.9 Å². The van der Waals surface area contributed by atoms with Gasteiger partial charge in [0.2, 0.25) is 0 Å². The Morgan fingerprint density at radius 3 is 2.45 bits per heavy atom. The predicted octanol–water partition coefficient (Wildman–Crippen LogP) is 3.26. The van der Waals surface area contributed by atoms with Crippen LogP contribution in [0, 0.1) is 0 Å². The standard InChI is InChI=1S/C14H18N2O2S2/c1-3-10-5-6-11(9-13(10)15)16-20(17,18)14-8-7-12(4-2)19-14/h5-9,16H,3-4,15H2,1-2H3. The molecule has 0 unspecified atom stereocenters. The van der Waals surface area contributed by atoms with Crippen LogP contribution in [0.3, 0.4) is 0 Å². The van der Waals surface area contributed by atoms with E-state index in [1.54, 1.807) is 18.2 Å². The van der Waals surface area contributed by atoms with E-state index in [-0.39, 0.29) is 0 Å². The number of rotatable bonds is 5. The molecule has 0 radical (unpaired) electrons. The van der Waals surface area contributed by atoms with Crippen molar-refractivity contribution in [3.8, 4) is 0 Å². The molecule has 0 aliphatic heterocycles. The molecule has 0 amide bonds. The van der Waals surface area contributed by atoms with Gasteiger partial charge in [-0.2, -0.15) is 0 Å². The SMILES string of the molecule is CCc1ccc(S(=O)(=O)Nc2ccc(CC)c(N)c2)s1. The molecule has 0 saturated carbocycles. The maximum absolute atomic E-state index is 12.3. The van der Waals surface area contributed by atoms with Crippen molar-refractivity contribution in [2.24, 2.45) is 0 Å². The first kappa shape index (κ1) is 14.9. The van der Waals surface area contributed by atoms with E-state index in [1.807, 2.05) is 26.0 Å². The fourth-order valence-corrected chi connectivity index (χ4v) is 4.22. The molecule has 0 bridgehead atoms. The summed E-state index contributed by atoms with van der Waals surface area (Å²) >= 11 is 1.29. The topological polar surface area (TPSA) is 72.2 Å². The second-order valence-electron chi connectivity index (χ2n) is 4.45. The molecule has 1 aromatic carbocycles. The normalized spacial score (nSPS) is 11.5. The first-order valence-corrected chi connectivity index (χ1v) is 8.76. The molecule has 2 aromatic rings. The van der Waals surface area contributed by atoms with Gasteiger partial charge >= 0.3 is 0 Å². The van der Waals surface area contributed by atoms with Crippen LogP contribution in [0.2, 0.25) is 0 Å². The third kappa shape index (κ3) is 3.13. The van der Waals surface area contributed by atoms with E-state index in [1.165, 1.54) is 11.3 Å². The fourth-order valence-electron chi connectivity index (χ4n) is 1.88. The molecule has 0 saturated heterocycles. The Labute approximate surface area is 123 Å². The first-order valence-electron chi connectivity index (χ1n) is 6.46. The van der Waals surface area contributed by atoms with Gasteiger partial charge < -0.3 is 5.73 Å². The Kier molecular flexibility index (Phi) is 4.35. The maximum Gasteiger partial charge on any atom is 0.271 e. The van der Waals surface area contributed by atoms with Crippen LogP contribution in [0.5, 0.6) is 0 Å². The average Bonchev–Trinajstić information content (AvgIpc) is 2.88. The summed E-state index contributed by atoms with van der Waals surface area (Å²) in [6.07, 6.45) is 1.65. The molecular weight excluding hydrogens is 292 g/mol. The van der Waals surface area contributed by atoms with Crippen LogP contribution in [-0.2, 0) is 22.9 Å². The largest absolute Gasteiger partial charge is 0.398 e. The molecule has 4 nitrogen and oxygen atoms in total. The van der Waals surface area contributed by atoms with Gasteiger partial charge in [-0.25, -0.2) is 8.42 Å². The second kappa shape index (κ2) is 5.85. The number of anilines is 2. The third-order valence-corrected chi connectivity index (χ3v) is 6.13. The summed E-state index contributed by atoms with van der Waals surface area (Å²) < 4.78 is 27.4. The van der Waals surface area contributed by atoms with Crippen LogP contribution in [-0.4, -0.2) is 8.42 Å². The monoisotopic (exact) mass is 310 g/mol. The minimum absolute atomic E-state index is 0.326. The quantitative estimate of drug-likeness (QED) is 0.833. The number of nitrogen functional groups attached to an aromatic ring is 1. The highest BCUT2D eigenvalue weighted by Crippen LogP contribution is 2.26. The van der Waals surface area contributed by atoms with E-state index in [4.69, 9.17) is 5.73 Å². The molecule has 20 heavy (non-hydrogen) atoms. The number of benzene rings is 1. The van der Waals surface area contributed by atoms with Crippen molar-refractivity contribution >= 4 is 32.7 Å². The lowest BCUT2D eigenvalue weighted by Crippen LogP contribution is -2.11. The van der Waals surface area contributed by atoms with Gasteiger partial charge in [0, 0.05) is 10.6 Å². The number of hydrogen-bond acceptors (Lipinski definition) is 4. The Morgan fingerprint density at radius 1 is 1.15 bits per heavy atom. The zero-order valence-electron chi connectivity index (χ0n) is 11.5. The highest BCUT2D eigenvalue weighted by atomic mass is 32.2. The van der Waals surface area contributed by atoms with Gasteiger partial charge in [0.05, 0.1) is 5.69 Å². The Bertz CT molecular complexity index is 706. The lowest BCUT2D eigenvalue weighted by atomic mass is 10.1. The summed E-state index contributed by atoms with van der Waals surface area (Å²) in [4.78, 5) is 1.05. The van der Waals surface area contributed by atoms with Crippen molar-refractivity contribution in [1.82, 2.24) is 0 Å². The van der Waals surface area contributed by atoms with Gasteiger partial charge in [0.25, 0.3) is 10.0 Å². The molecule has 0 aliphatic carbocycles. The average molecular weight is 310 g/mol. The van der Waals surface area contributed by atoms with Crippen molar-refractivity contribution in [2.75, 3.05) is 10.5 Å².